The Hall–Kier alpha value is -0.540. The second kappa shape index (κ2) is 9.38. The van der Waals surface area contributed by atoms with Gasteiger partial charge in [-0.3, -0.25) is 0 Å². The summed E-state index contributed by atoms with van der Waals surface area (Å²) in [7, 11) is 0. The molecule has 0 bridgehead atoms. The number of halogens is 1. The summed E-state index contributed by atoms with van der Waals surface area (Å²) in [5, 5.41) is 3.59. The molecule has 0 aliphatic rings. The Morgan fingerprint density at radius 3 is 2.42 bits per heavy atom. The zero-order valence-corrected chi connectivity index (χ0v) is 13.1. The first-order chi connectivity index (χ1) is 9.11. The quantitative estimate of drug-likeness (QED) is 0.731. The van der Waals surface area contributed by atoms with Crippen molar-refractivity contribution in [1.29, 1.82) is 0 Å². The molecule has 1 aromatic carbocycles. The highest BCUT2D eigenvalue weighted by molar-refractivity contribution is 7.99. The number of nitrogens with one attached hydrogen (secondary N) is 1. The second-order valence-corrected chi connectivity index (χ2v) is 6.49. The molecule has 1 nitrogen and oxygen atoms in total. The van der Waals surface area contributed by atoms with E-state index in [0.29, 0.717) is 6.04 Å². The normalized spacial score (nSPS) is 12.9. The Bertz CT molecular complexity index is 337. The third-order valence-electron chi connectivity index (χ3n) is 2.85. The van der Waals surface area contributed by atoms with E-state index in [9.17, 15) is 4.39 Å². The minimum atomic E-state index is -0.156. The molecule has 0 amide bonds. The van der Waals surface area contributed by atoms with Gasteiger partial charge in [0.25, 0.3) is 0 Å². The van der Waals surface area contributed by atoms with Crippen LogP contribution in [0.5, 0.6) is 0 Å². The molecule has 19 heavy (non-hydrogen) atoms. The van der Waals surface area contributed by atoms with Gasteiger partial charge < -0.3 is 5.32 Å². The van der Waals surface area contributed by atoms with Gasteiger partial charge in [0, 0.05) is 11.8 Å². The van der Waals surface area contributed by atoms with Crippen LogP contribution in [0.3, 0.4) is 0 Å². The Kier molecular flexibility index (Phi) is 8.15. The van der Waals surface area contributed by atoms with E-state index in [1.807, 2.05) is 23.9 Å². The van der Waals surface area contributed by atoms with Crippen molar-refractivity contribution in [1.82, 2.24) is 5.32 Å². The van der Waals surface area contributed by atoms with Crippen LogP contribution in [0.25, 0.3) is 0 Å². The fraction of sp³-hybridized carbons (Fsp3) is 0.625. The highest BCUT2D eigenvalue weighted by Crippen LogP contribution is 2.13. The summed E-state index contributed by atoms with van der Waals surface area (Å²) >= 11 is 2.01. The molecule has 0 aromatic heterocycles. The molecule has 0 saturated heterocycles. The van der Waals surface area contributed by atoms with Crippen LogP contribution in [0.15, 0.2) is 24.3 Å². The molecule has 1 unspecified atom stereocenters. The van der Waals surface area contributed by atoms with Crippen molar-refractivity contribution in [3.05, 3.63) is 35.6 Å². The van der Waals surface area contributed by atoms with Gasteiger partial charge >= 0.3 is 0 Å². The van der Waals surface area contributed by atoms with Crippen LogP contribution in [0.2, 0.25) is 0 Å². The maximum Gasteiger partial charge on any atom is 0.123 e. The topological polar surface area (TPSA) is 12.0 Å². The van der Waals surface area contributed by atoms with Crippen LogP contribution in [0.4, 0.5) is 4.39 Å². The number of thioether (sulfide) groups is 1. The molecular formula is C16H26FNS. The number of hydrogen-bond donors (Lipinski definition) is 1. The highest BCUT2D eigenvalue weighted by Gasteiger charge is 2.09. The summed E-state index contributed by atoms with van der Waals surface area (Å²) in [6, 6.07) is 7.36. The van der Waals surface area contributed by atoms with Gasteiger partial charge in [0.2, 0.25) is 0 Å². The minimum absolute atomic E-state index is 0.156. The van der Waals surface area contributed by atoms with Crippen LogP contribution in [0.1, 0.15) is 32.8 Å². The standard InChI is InChI=1S/C16H26FNS/c1-4-9-18-16(12-19-11-13(2)3)10-14-5-7-15(17)8-6-14/h5-8,13,16,18H,4,9-12H2,1-3H3. The van der Waals surface area contributed by atoms with Gasteiger partial charge in [0.1, 0.15) is 5.82 Å². The third kappa shape index (κ3) is 7.58. The largest absolute Gasteiger partial charge is 0.313 e. The van der Waals surface area contributed by atoms with E-state index < -0.39 is 0 Å². The predicted molar refractivity (Wildman–Crippen MR) is 84.3 cm³/mol. The molecule has 3 heteroatoms. The van der Waals surface area contributed by atoms with Gasteiger partial charge in [0.15, 0.2) is 0 Å². The van der Waals surface area contributed by atoms with E-state index in [0.717, 1.165) is 31.1 Å². The molecule has 1 N–H and O–H groups in total. The van der Waals surface area contributed by atoms with E-state index in [1.165, 1.54) is 11.3 Å². The lowest BCUT2D eigenvalue weighted by atomic mass is 10.1. The summed E-state index contributed by atoms with van der Waals surface area (Å²) in [4.78, 5) is 0. The average Bonchev–Trinajstić information content (AvgIpc) is 2.38. The Morgan fingerprint density at radius 2 is 1.84 bits per heavy atom. The zero-order chi connectivity index (χ0) is 14.1. The van der Waals surface area contributed by atoms with E-state index >= 15 is 0 Å². The summed E-state index contributed by atoms with van der Waals surface area (Å²) in [5.41, 5.74) is 1.21. The number of hydrogen-bond acceptors (Lipinski definition) is 2. The van der Waals surface area contributed by atoms with Crippen molar-refractivity contribution in [2.75, 3.05) is 18.1 Å². The Labute approximate surface area is 121 Å². The first-order valence-corrected chi connectivity index (χ1v) is 8.32. The van der Waals surface area contributed by atoms with Crippen molar-refractivity contribution >= 4 is 11.8 Å². The molecule has 0 aliphatic carbocycles. The maximum atomic E-state index is 12.9. The first-order valence-electron chi connectivity index (χ1n) is 7.17. The lowest BCUT2D eigenvalue weighted by Crippen LogP contribution is -2.34. The number of rotatable bonds is 9. The highest BCUT2D eigenvalue weighted by atomic mass is 32.2. The molecule has 0 heterocycles. The van der Waals surface area contributed by atoms with Crippen LogP contribution in [-0.2, 0) is 6.42 Å². The predicted octanol–water partition coefficient (Wildman–Crippen LogP) is 4.13. The Balaban J connectivity index is 2.45. The zero-order valence-electron chi connectivity index (χ0n) is 12.3. The molecule has 0 saturated carbocycles. The van der Waals surface area contributed by atoms with Crippen LogP contribution < -0.4 is 5.32 Å². The fourth-order valence-corrected chi connectivity index (χ4v) is 3.02. The molecule has 1 atom stereocenters. The molecule has 0 fully saturated rings. The van der Waals surface area contributed by atoms with E-state index in [1.54, 1.807) is 12.1 Å². The Morgan fingerprint density at radius 1 is 1.16 bits per heavy atom. The van der Waals surface area contributed by atoms with Crippen molar-refractivity contribution < 1.29 is 4.39 Å². The van der Waals surface area contributed by atoms with Gasteiger partial charge in [-0.05, 0) is 48.8 Å². The van der Waals surface area contributed by atoms with E-state index in [4.69, 9.17) is 0 Å². The first kappa shape index (κ1) is 16.5. The average molecular weight is 283 g/mol. The molecular weight excluding hydrogens is 257 g/mol. The lowest BCUT2D eigenvalue weighted by Gasteiger charge is -2.19. The smallest absolute Gasteiger partial charge is 0.123 e. The SMILES string of the molecule is CCCNC(CSCC(C)C)Cc1ccc(F)cc1. The lowest BCUT2D eigenvalue weighted by molar-refractivity contribution is 0.548. The van der Waals surface area contributed by atoms with Crippen molar-refractivity contribution in [3.8, 4) is 0 Å². The van der Waals surface area contributed by atoms with Gasteiger partial charge in [-0.2, -0.15) is 11.8 Å². The second-order valence-electron chi connectivity index (χ2n) is 5.41. The van der Waals surface area contributed by atoms with Crippen LogP contribution in [-0.4, -0.2) is 24.1 Å². The summed E-state index contributed by atoms with van der Waals surface area (Å²) in [5.74, 6) is 2.90. The van der Waals surface area contributed by atoms with Crippen molar-refractivity contribution in [2.45, 2.75) is 39.7 Å². The molecule has 1 rings (SSSR count). The molecule has 1 aromatic rings. The summed E-state index contributed by atoms with van der Waals surface area (Å²) in [6.07, 6.45) is 2.13. The van der Waals surface area contributed by atoms with Crippen LogP contribution >= 0.6 is 11.8 Å². The summed E-state index contributed by atoms with van der Waals surface area (Å²) < 4.78 is 12.9. The van der Waals surface area contributed by atoms with Crippen LogP contribution in [0, 0.1) is 11.7 Å². The van der Waals surface area contributed by atoms with Gasteiger partial charge in [-0.15, -0.1) is 0 Å². The van der Waals surface area contributed by atoms with E-state index in [-0.39, 0.29) is 5.82 Å². The summed E-state index contributed by atoms with van der Waals surface area (Å²) in [6.45, 7) is 7.74. The van der Waals surface area contributed by atoms with Gasteiger partial charge in [0.05, 0.1) is 0 Å². The molecule has 0 aliphatic heterocycles. The number of benzene rings is 1. The van der Waals surface area contributed by atoms with E-state index in [2.05, 4.69) is 26.1 Å². The fourth-order valence-electron chi connectivity index (χ4n) is 1.89. The molecule has 0 spiro atoms. The molecule has 0 radical (unpaired) electrons. The van der Waals surface area contributed by atoms with Crippen molar-refractivity contribution in [2.24, 2.45) is 5.92 Å². The van der Waals surface area contributed by atoms with Gasteiger partial charge in [-0.25, -0.2) is 4.39 Å². The minimum Gasteiger partial charge on any atom is -0.313 e. The monoisotopic (exact) mass is 283 g/mol. The molecule has 108 valence electrons. The third-order valence-corrected chi connectivity index (χ3v) is 4.39. The van der Waals surface area contributed by atoms with Gasteiger partial charge in [-0.1, -0.05) is 32.9 Å². The maximum absolute atomic E-state index is 12.9. The van der Waals surface area contributed by atoms with Crippen molar-refractivity contribution in [3.63, 3.8) is 0 Å².